The average molecular weight is 290 g/mol. The van der Waals surface area contributed by atoms with Crippen LogP contribution in [0.2, 0.25) is 0 Å². The SMILES string of the molecule is CC(C)(C(=O)OCc1ccccc1F)c1ccc(F)cc1. The highest BCUT2D eigenvalue weighted by atomic mass is 19.1. The summed E-state index contributed by atoms with van der Waals surface area (Å²) < 4.78 is 31.6. The minimum absolute atomic E-state index is 0.129. The molecule has 0 bridgehead atoms. The van der Waals surface area contributed by atoms with Crippen LogP contribution in [0.3, 0.4) is 0 Å². The lowest BCUT2D eigenvalue weighted by molar-refractivity contribution is -0.150. The molecule has 0 aliphatic carbocycles. The van der Waals surface area contributed by atoms with E-state index >= 15 is 0 Å². The van der Waals surface area contributed by atoms with Crippen LogP contribution in [-0.2, 0) is 21.6 Å². The minimum Gasteiger partial charge on any atom is -0.460 e. The Bertz CT molecular complexity index is 633. The number of halogens is 2. The van der Waals surface area contributed by atoms with Crippen molar-refractivity contribution in [3.63, 3.8) is 0 Å². The van der Waals surface area contributed by atoms with E-state index in [2.05, 4.69) is 0 Å². The molecule has 0 unspecified atom stereocenters. The van der Waals surface area contributed by atoms with Gasteiger partial charge in [0, 0.05) is 5.56 Å². The first kappa shape index (κ1) is 15.2. The fourth-order valence-corrected chi connectivity index (χ4v) is 1.92. The van der Waals surface area contributed by atoms with E-state index < -0.39 is 17.2 Å². The Morgan fingerprint density at radius 3 is 2.29 bits per heavy atom. The number of benzene rings is 2. The Balaban J connectivity index is 2.08. The zero-order chi connectivity index (χ0) is 15.5. The van der Waals surface area contributed by atoms with Gasteiger partial charge in [-0.15, -0.1) is 0 Å². The summed E-state index contributed by atoms with van der Waals surface area (Å²) in [5, 5.41) is 0. The molecule has 21 heavy (non-hydrogen) atoms. The van der Waals surface area contributed by atoms with Crippen molar-refractivity contribution in [1.29, 1.82) is 0 Å². The molecule has 0 radical (unpaired) electrons. The third kappa shape index (κ3) is 3.45. The van der Waals surface area contributed by atoms with E-state index in [9.17, 15) is 13.6 Å². The Hall–Kier alpha value is -2.23. The Kier molecular flexibility index (Phi) is 4.36. The lowest BCUT2D eigenvalue weighted by Crippen LogP contribution is -2.31. The average Bonchev–Trinajstić information content (AvgIpc) is 2.46. The summed E-state index contributed by atoms with van der Waals surface area (Å²) in [5.74, 6) is -1.27. The van der Waals surface area contributed by atoms with Crippen molar-refractivity contribution in [1.82, 2.24) is 0 Å². The van der Waals surface area contributed by atoms with Crippen LogP contribution in [-0.4, -0.2) is 5.97 Å². The summed E-state index contributed by atoms with van der Waals surface area (Å²) in [4.78, 5) is 12.2. The molecular weight excluding hydrogens is 274 g/mol. The first-order chi connectivity index (χ1) is 9.91. The number of hydrogen-bond acceptors (Lipinski definition) is 2. The van der Waals surface area contributed by atoms with Crippen LogP contribution < -0.4 is 0 Å². The zero-order valence-electron chi connectivity index (χ0n) is 11.9. The molecule has 0 atom stereocenters. The van der Waals surface area contributed by atoms with Crippen molar-refractivity contribution in [2.24, 2.45) is 0 Å². The molecule has 0 aromatic heterocycles. The molecule has 2 nitrogen and oxygen atoms in total. The minimum atomic E-state index is -0.932. The molecule has 0 fully saturated rings. The maximum atomic E-state index is 13.5. The third-order valence-corrected chi connectivity index (χ3v) is 3.39. The van der Waals surface area contributed by atoms with Gasteiger partial charge in [0.05, 0.1) is 5.41 Å². The summed E-state index contributed by atoms with van der Waals surface area (Å²) in [6, 6.07) is 11.8. The normalized spacial score (nSPS) is 11.2. The van der Waals surface area contributed by atoms with Crippen molar-refractivity contribution >= 4 is 5.97 Å². The van der Waals surface area contributed by atoms with E-state index in [1.807, 2.05) is 0 Å². The first-order valence-electron chi connectivity index (χ1n) is 6.58. The highest BCUT2D eigenvalue weighted by Gasteiger charge is 2.31. The van der Waals surface area contributed by atoms with Crippen molar-refractivity contribution in [2.75, 3.05) is 0 Å². The van der Waals surface area contributed by atoms with Gasteiger partial charge in [-0.1, -0.05) is 30.3 Å². The van der Waals surface area contributed by atoms with Gasteiger partial charge in [-0.05, 0) is 37.6 Å². The quantitative estimate of drug-likeness (QED) is 0.796. The van der Waals surface area contributed by atoms with Crippen molar-refractivity contribution in [2.45, 2.75) is 25.9 Å². The first-order valence-corrected chi connectivity index (χ1v) is 6.58. The fraction of sp³-hybridized carbons (Fsp3) is 0.235. The van der Waals surface area contributed by atoms with Crippen LogP contribution in [0.5, 0.6) is 0 Å². The predicted octanol–water partition coefficient (Wildman–Crippen LogP) is 3.99. The lowest BCUT2D eigenvalue weighted by Gasteiger charge is -2.23. The van der Waals surface area contributed by atoms with E-state index in [0.717, 1.165) is 0 Å². The van der Waals surface area contributed by atoms with E-state index in [0.29, 0.717) is 11.1 Å². The van der Waals surface area contributed by atoms with Crippen LogP contribution in [0, 0.1) is 11.6 Å². The molecule has 4 heteroatoms. The van der Waals surface area contributed by atoms with Crippen molar-refractivity contribution in [3.05, 3.63) is 71.3 Å². The Labute approximate surface area is 122 Å². The van der Waals surface area contributed by atoms with Gasteiger partial charge in [0.25, 0.3) is 0 Å². The van der Waals surface area contributed by atoms with Crippen LogP contribution in [0.1, 0.15) is 25.0 Å². The molecule has 0 spiro atoms. The smallest absolute Gasteiger partial charge is 0.316 e. The summed E-state index contributed by atoms with van der Waals surface area (Å²) >= 11 is 0. The molecule has 0 saturated heterocycles. The fourth-order valence-electron chi connectivity index (χ4n) is 1.92. The molecule has 0 aliphatic heterocycles. The van der Waals surface area contributed by atoms with Crippen LogP contribution in [0.4, 0.5) is 8.78 Å². The summed E-state index contributed by atoms with van der Waals surface area (Å²) in [7, 11) is 0. The van der Waals surface area contributed by atoms with Gasteiger partial charge in [-0.25, -0.2) is 8.78 Å². The molecular formula is C17H16F2O2. The highest BCUT2D eigenvalue weighted by Crippen LogP contribution is 2.25. The number of carbonyl (C=O) groups excluding carboxylic acids is 1. The van der Waals surface area contributed by atoms with Gasteiger partial charge in [-0.2, -0.15) is 0 Å². The molecule has 2 aromatic rings. The summed E-state index contributed by atoms with van der Waals surface area (Å²) in [5.41, 5.74) is 0.0297. The number of carbonyl (C=O) groups is 1. The molecule has 2 rings (SSSR count). The maximum absolute atomic E-state index is 13.5. The van der Waals surface area contributed by atoms with E-state index in [1.54, 1.807) is 44.2 Å². The molecule has 110 valence electrons. The largest absolute Gasteiger partial charge is 0.460 e. The van der Waals surface area contributed by atoms with Gasteiger partial charge >= 0.3 is 5.97 Å². The van der Waals surface area contributed by atoms with Crippen LogP contribution >= 0.6 is 0 Å². The van der Waals surface area contributed by atoms with Crippen molar-refractivity contribution in [3.8, 4) is 0 Å². The topological polar surface area (TPSA) is 26.3 Å². The van der Waals surface area contributed by atoms with E-state index in [-0.39, 0.29) is 12.4 Å². The number of esters is 1. The molecule has 0 heterocycles. The summed E-state index contributed by atoms with van der Waals surface area (Å²) in [6.45, 7) is 3.24. The Morgan fingerprint density at radius 2 is 1.67 bits per heavy atom. The van der Waals surface area contributed by atoms with Gasteiger partial charge in [0.2, 0.25) is 0 Å². The molecule has 0 aliphatic rings. The number of ether oxygens (including phenoxy) is 1. The Morgan fingerprint density at radius 1 is 1.05 bits per heavy atom. The second-order valence-corrected chi connectivity index (χ2v) is 5.30. The standard InChI is InChI=1S/C17H16F2O2/c1-17(2,13-7-9-14(18)10-8-13)16(20)21-11-12-5-3-4-6-15(12)19/h3-10H,11H2,1-2H3. The van der Waals surface area contributed by atoms with Gasteiger partial charge < -0.3 is 4.74 Å². The van der Waals surface area contributed by atoms with Crippen LogP contribution in [0.15, 0.2) is 48.5 Å². The number of rotatable bonds is 4. The molecule has 0 N–H and O–H groups in total. The molecule has 2 aromatic carbocycles. The second-order valence-electron chi connectivity index (χ2n) is 5.30. The van der Waals surface area contributed by atoms with E-state index in [1.165, 1.54) is 18.2 Å². The molecule has 0 saturated carbocycles. The van der Waals surface area contributed by atoms with E-state index in [4.69, 9.17) is 4.74 Å². The monoisotopic (exact) mass is 290 g/mol. The van der Waals surface area contributed by atoms with Gasteiger partial charge in [0.15, 0.2) is 0 Å². The van der Waals surface area contributed by atoms with Crippen LogP contribution in [0.25, 0.3) is 0 Å². The highest BCUT2D eigenvalue weighted by molar-refractivity contribution is 5.82. The maximum Gasteiger partial charge on any atom is 0.316 e. The van der Waals surface area contributed by atoms with Gasteiger partial charge in [0.1, 0.15) is 18.2 Å². The molecule has 0 amide bonds. The number of hydrogen-bond donors (Lipinski definition) is 0. The predicted molar refractivity (Wildman–Crippen MR) is 75.6 cm³/mol. The zero-order valence-corrected chi connectivity index (χ0v) is 11.9. The van der Waals surface area contributed by atoms with Crippen molar-refractivity contribution < 1.29 is 18.3 Å². The lowest BCUT2D eigenvalue weighted by atomic mass is 9.85. The second kappa shape index (κ2) is 6.04. The third-order valence-electron chi connectivity index (χ3n) is 3.39. The summed E-state index contributed by atoms with van der Waals surface area (Å²) in [6.07, 6.45) is 0. The van der Waals surface area contributed by atoms with Gasteiger partial charge in [-0.3, -0.25) is 4.79 Å².